The van der Waals surface area contributed by atoms with E-state index in [0.29, 0.717) is 0 Å². The molecule has 94 valence electrons. The number of ether oxygens (including phenoxy) is 1. The van der Waals surface area contributed by atoms with Gasteiger partial charge in [-0.15, -0.1) is 0 Å². The number of nitrogens with one attached hydrogen (secondary N) is 1. The van der Waals surface area contributed by atoms with Crippen molar-refractivity contribution in [3.63, 3.8) is 0 Å². The molecule has 0 unspecified atom stereocenters. The van der Waals surface area contributed by atoms with E-state index in [1.807, 2.05) is 12.3 Å². The highest BCUT2D eigenvalue weighted by atomic mass is 16.5. The summed E-state index contributed by atoms with van der Waals surface area (Å²) in [7, 11) is 1.74. The molecule has 4 nitrogen and oxygen atoms in total. The minimum absolute atomic E-state index is 0.746. The van der Waals surface area contributed by atoms with Gasteiger partial charge in [-0.25, -0.2) is 0 Å². The second kappa shape index (κ2) is 4.82. The molecule has 1 aromatic carbocycles. The first-order valence-corrected chi connectivity index (χ1v) is 6.25. The lowest BCUT2D eigenvalue weighted by molar-refractivity contribution is 0.205. The summed E-state index contributed by atoms with van der Waals surface area (Å²) in [6.07, 6.45) is 1.93. The summed E-state index contributed by atoms with van der Waals surface area (Å²) < 4.78 is 5.19. The van der Waals surface area contributed by atoms with Crippen molar-refractivity contribution in [2.45, 2.75) is 0 Å². The highest BCUT2D eigenvalue weighted by Gasteiger charge is 2.19. The average molecular weight is 243 g/mol. The smallest absolute Gasteiger partial charge is 0.0771 e. The van der Waals surface area contributed by atoms with E-state index in [2.05, 4.69) is 33.4 Å². The Morgan fingerprint density at radius 1 is 1.39 bits per heavy atom. The van der Waals surface area contributed by atoms with Gasteiger partial charge in [0.15, 0.2) is 0 Å². The summed E-state index contributed by atoms with van der Waals surface area (Å²) in [5.74, 6) is 0. The fourth-order valence-electron chi connectivity index (χ4n) is 2.46. The number of pyridine rings is 1. The van der Waals surface area contributed by atoms with Crippen LogP contribution in [0.4, 0.5) is 11.4 Å². The highest BCUT2D eigenvalue weighted by Crippen LogP contribution is 2.34. The molecular formula is C14H17N3O. The van der Waals surface area contributed by atoms with E-state index in [4.69, 9.17) is 4.74 Å². The van der Waals surface area contributed by atoms with E-state index in [0.717, 1.165) is 37.4 Å². The molecule has 0 saturated carbocycles. The summed E-state index contributed by atoms with van der Waals surface area (Å²) in [6.45, 7) is 3.62. The SMILES string of the molecule is COCCN1CCNc2cnc3ccccc3c21. The van der Waals surface area contributed by atoms with Crippen molar-refractivity contribution < 1.29 is 4.74 Å². The van der Waals surface area contributed by atoms with Crippen molar-refractivity contribution in [3.8, 4) is 0 Å². The van der Waals surface area contributed by atoms with Gasteiger partial charge in [-0.2, -0.15) is 0 Å². The number of benzene rings is 1. The first-order valence-electron chi connectivity index (χ1n) is 6.25. The van der Waals surface area contributed by atoms with Crippen molar-refractivity contribution in [1.82, 2.24) is 4.98 Å². The second-order valence-corrected chi connectivity index (χ2v) is 4.44. The third kappa shape index (κ3) is 1.88. The average Bonchev–Trinajstić information content (AvgIpc) is 2.44. The highest BCUT2D eigenvalue weighted by molar-refractivity contribution is 5.98. The Morgan fingerprint density at radius 2 is 2.28 bits per heavy atom. The molecule has 0 spiro atoms. The maximum absolute atomic E-state index is 5.19. The van der Waals surface area contributed by atoms with E-state index >= 15 is 0 Å². The zero-order valence-electron chi connectivity index (χ0n) is 10.5. The lowest BCUT2D eigenvalue weighted by Crippen LogP contribution is -2.36. The van der Waals surface area contributed by atoms with Crippen LogP contribution in [0.3, 0.4) is 0 Å². The molecule has 0 bridgehead atoms. The molecule has 0 amide bonds. The number of hydrogen-bond donors (Lipinski definition) is 1. The maximum atomic E-state index is 5.19. The molecule has 3 rings (SSSR count). The predicted molar refractivity (Wildman–Crippen MR) is 74.3 cm³/mol. The summed E-state index contributed by atoms with van der Waals surface area (Å²) in [4.78, 5) is 6.86. The lowest BCUT2D eigenvalue weighted by atomic mass is 10.1. The summed E-state index contributed by atoms with van der Waals surface area (Å²) >= 11 is 0. The topological polar surface area (TPSA) is 37.4 Å². The van der Waals surface area contributed by atoms with Crippen LogP contribution in [-0.2, 0) is 4.74 Å². The number of nitrogens with zero attached hydrogens (tertiary/aromatic N) is 2. The van der Waals surface area contributed by atoms with E-state index in [-0.39, 0.29) is 0 Å². The third-order valence-corrected chi connectivity index (χ3v) is 3.33. The van der Waals surface area contributed by atoms with Crippen molar-refractivity contribution in [3.05, 3.63) is 30.5 Å². The molecule has 0 aliphatic carbocycles. The summed E-state index contributed by atoms with van der Waals surface area (Å²) in [5, 5.41) is 4.62. The second-order valence-electron chi connectivity index (χ2n) is 4.44. The van der Waals surface area contributed by atoms with Crippen molar-refractivity contribution in [2.24, 2.45) is 0 Å². The van der Waals surface area contributed by atoms with Crippen LogP contribution in [0, 0.1) is 0 Å². The van der Waals surface area contributed by atoms with Gasteiger partial charge in [0.2, 0.25) is 0 Å². The van der Waals surface area contributed by atoms with Gasteiger partial charge in [0, 0.05) is 32.1 Å². The Hall–Kier alpha value is -1.81. The van der Waals surface area contributed by atoms with Gasteiger partial charge in [0.25, 0.3) is 0 Å². The Labute approximate surface area is 107 Å². The summed E-state index contributed by atoms with van der Waals surface area (Å²) in [6, 6.07) is 8.28. The van der Waals surface area contributed by atoms with Gasteiger partial charge in [-0.05, 0) is 6.07 Å². The Morgan fingerprint density at radius 3 is 3.17 bits per heavy atom. The van der Waals surface area contributed by atoms with Crippen molar-refractivity contribution in [2.75, 3.05) is 43.6 Å². The van der Waals surface area contributed by atoms with Gasteiger partial charge in [-0.1, -0.05) is 18.2 Å². The van der Waals surface area contributed by atoms with Gasteiger partial charge in [0.05, 0.1) is 29.7 Å². The quantitative estimate of drug-likeness (QED) is 0.896. The normalized spacial score (nSPS) is 14.4. The van der Waals surface area contributed by atoms with Gasteiger partial charge in [0.1, 0.15) is 0 Å². The van der Waals surface area contributed by atoms with E-state index in [9.17, 15) is 0 Å². The molecule has 2 heterocycles. The minimum atomic E-state index is 0.746. The monoisotopic (exact) mass is 243 g/mol. The fraction of sp³-hybridized carbons (Fsp3) is 0.357. The molecule has 4 heteroatoms. The Bertz CT molecular complexity index is 556. The van der Waals surface area contributed by atoms with Crippen LogP contribution >= 0.6 is 0 Å². The van der Waals surface area contributed by atoms with E-state index in [1.165, 1.54) is 11.1 Å². The summed E-state index contributed by atoms with van der Waals surface area (Å²) in [5.41, 5.74) is 3.42. The molecule has 0 radical (unpaired) electrons. The zero-order chi connectivity index (χ0) is 12.4. The number of anilines is 2. The van der Waals surface area contributed by atoms with E-state index < -0.39 is 0 Å². The number of fused-ring (bicyclic) bond motifs is 3. The molecule has 2 aromatic rings. The molecular weight excluding hydrogens is 226 g/mol. The number of hydrogen-bond acceptors (Lipinski definition) is 4. The largest absolute Gasteiger partial charge is 0.383 e. The van der Waals surface area contributed by atoms with Crippen LogP contribution in [0.15, 0.2) is 30.5 Å². The Kier molecular flexibility index (Phi) is 3.02. The number of para-hydroxylation sites is 1. The fourth-order valence-corrected chi connectivity index (χ4v) is 2.46. The number of methoxy groups -OCH3 is 1. The molecule has 1 aliphatic rings. The zero-order valence-corrected chi connectivity index (χ0v) is 10.5. The molecule has 1 aliphatic heterocycles. The van der Waals surface area contributed by atoms with Gasteiger partial charge < -0.3 is 15.0 Å². The number of rotatable bonds is 3. The molecule has 0 fully saturated rings. The standard InChI is InChI=1S/C14H17N3O/c1-18-9-8-17-7-6-15-13-10-16-12-5-3-2-4-11(12)14(13)17/h2-5,10,15H,6-9H2,1H3. The molecule has 0 atom stereocenters. The van der Waals surface area contributed by atoms with Crippen LogP contribution in [0.5, 0.6) is 0 Å². The molecule has 1 N–H and O–H groups in total. The van der Waals surface area contributed by atoms with Gasteiger partial charge in [-0.3, -0.25) is 4.98 Å². The number of aromatic nitrogens is 1. The predicted octanol–water partition coefficient (Wildman–Crippen LogP) is 2.11. The van der Waals surface area contributed by atoms with Crippen molar-refractivity contribution in [1.29, 1.82) is 0 Å². The van der Waals surface area contributed by atoms with Gasteiger partial charge >= 0.3 is 0 Å². The lowest BCUT2D eigenvalue weighted by Gasteiger charge is -2.32. The van der Waals surface area contributed by atoms with Crippen LogP contribution < -0.4 is 10.2 Å². The minimum Gasteiger partial charge on any atom is -0.383 e. The third-order valence-electron chi connectivity index (χ3n) is 3.33. The maximum Gasteiger partial charge on any atom is 0.0771 e. The van der Waals surface area contributed by atoms with Crippen molar-refractivity contribution >= 4 is 22.3 Å². The molecule has 1 aromatic heterocycles. The first kappa shape index (κ1) is 11.3. The van der Waals surface area contributed by atoms with Crippen LogP contribution in [0.25, 0.3) is 10.9 Å². The van der Waals surface area contributed by atoms with Crippen LogP contribution in [0.1, 0.15) is 0 Å². The van der Waals surface area contributed by atoms with E-state index in [1.54, 1.807) is 7.11 Å². The van der Waals surface area contributed by atoms with Crippen LogP contribution in [-0.4, -0.2) is 38.3 Å². The molecule has 0 saturated heterocycles. The first-order chi connectivity index (χ1) is 8.90. The van der Waals surface area contributed by atoms with Crippen LogP contribution in [0.2, 0.25) is 0 Å². The molecule has 18 heavy (non-hydrogen) atoms. The Balaban J connectivity index is 2.09.